The maximum atomic E-state index is 13.4. The van der Waals surface area contributed by atoms with E-state index in [1.165, 1.54) is 0 Å². The number of fused-ring (bicyclic) bond motifs is 1. The van der Waals surface area contributed by atoms with E-state index in [4.69, 9.17) is 16.1 Å². The maximum Gasteiger partial charge on any atom is 0.418 e. The van der Waals surface area contributed by atoms with E-state index in [9.17, 15) is 13.2 Å². The summed E-state index contributed by atoms with van der Waals surface area (Å²) in [5.41, 5.74) is 0.465. The number of rotatable bonds is 2. The quantitative estimate of drug-likeness (QED) is 0.597. The summed E-state index contributed by atoms with van der Waals surface area (Å²) in [6.07, 6.45) is -4.05. The molecular weight excluding hydrogens is 343 g/mol. The summed E-state index contributed by atoms with van der Waals surface area (Å²) >= 11 is 6.14. The van der Waals surface area contributed by atoms with Crippen molar-refractivity contribution in [2.45, 2.75) is 33.4 Å². The first-order chi connectivity index (χ1) is 11.2. The van der Waals surface area contributed by atoms with E-state index >= 15 is 0 Å². The van der Waals surface area contributed by atoms with Crippen LogP contribution in [0.3, 0.4) is 0 Å². The van der Waals surface area contributed by atoms with Crippen LogP contribution in [0, 0.1) is 13.8 Å². The minimum absolute atomic E-state index is 0.0987. The zero-order valence-electron chi connectivity index (χ0n) is 13.1. The Kier molecular flexibility index (Phi) is 3.99. The van der Waals surface area contributed by atoms with Crippen LogP contribution in [0.4, 0.5) is 13.2 Å². The second kappa shape index (κ2) is 5.73. The fraction of sp³-hybridized carbons (Fsp3) is 0.312. The minimum Gasteiger partial charge on any atom is -0.334 e. The molecule has 0 aliphatic rings. The molecule has 0 radical (unpaired) electrons. The van der Waals surface area contributed by atoms with Crippen molar-refractivity contribution in [2.75, 3.05) is 0 Å². The molecule has 0 aliphatic heterocycles. The number of aryl methyl sites for hydroxylation is 3. The Morgan fingerprint density at radius 2 is 1.88 bits per heavy atom. The number of alkyl halides is 3. The number of aromatic nitrogens is 3. The first-order valence-corrected chi connectivity index (χ1v) is 7.60. The van der Waals surface area contributed by atoms with Crippen LogP contribution in [0.5, 0.6) is 0 Å². The van der Waals surface area contributed by atoms with Gasteiger partial charge in [0.2, 0.25) is 0 Å². The molecular formula is C16H13ClF3N3O. The number of nitrogens with zero attached hydrogens (tertiary/aromatic N) is 3. The molecule has 0 atom stereocenters. The Bertz CT molecular complexity index is 934. The topological polar surface area (TPSA) is 51.8 Å². The average molecular weight is 356 g/mol. The predicted molar refractivity (Wildman–Crippen MR) is 83.9 cm³/mol. The number of hydrogen-bond acceptors (Lipinski definition) is 4. The van der Waals surface area contributed by atoms with Gasteiger partial charge < -0.3 is 4.52 Å². The van der Waals surface area contributed by atoms with Gasteiger partial charge in [0.1, 0.15) is 5.15 Å². The van der Waals surface area contributed by atoms with Crippen molar-refractivity contribution < 1.29 is 17.7 Å². The highest BCUT2D eigenvalue weighted by atomic mass is 35.5. The lowest BCUT2D eigenvalue weighted by Crippen LogP contribution is -2.09. The van der Waals surface area contributed by atoms with Crippen LogP contribution in [-0.4, -0.2) is 15.1 Å². The largest absolute Gasteiger partial charge is 0.418 e. The molecule has 4 nitrogen and oxygen atoms in total. The van der Waals surface area contributed by atoms with Gasteiger partial charge in [0.05, 0.1) is 16.6 Å². The van der Waals surface area contributed by atoms with Crippen LogP contribution in [-0.2, 0) is 12.6 Å². The summed E-state index contributed by atoms with van der Waals surface area (Å²) in [6, 6.07) is 2.80. The summed E-state index contributed by atoms with van der Waals surface area (Å²) in [7, 11) is 0. The Morgan fingerprint density at radius 1 is 1.17 bits per heavy atom. The second-order valence-electron chi connectivity index (χ2n) is 5.44. The highest BCUT2D eigenvalue weighted by Crippen LogP contribution is 2.40. The molecule has 0 N–H and O–H groups in total. The smallest absolute Gasteiger partial charge is 0.334 e. The van der Waals surface area contributed by atoms with Crippen LogP contribution in [0.15, 0.2) is 16.7 Å². The molecule has 0 saturated heterocycles. The second-order valence-corrected chi connectivity index (χ2v) is 5.80. The first kappa shape index (κ1) is 16.7. The van der Waals surface area contributed by atoms with Gasteiger partial charge in [0.25, 0.3) is 5.89 Å². The molecule has 0 amide bonds. The molecule has 0 spiro atoms. The Balaban J connectivity index is 2.40. The van der Waals surface area contributed by atoms with Crippen molar-refractivity contribution in [3.05, 3.63) is 39.8 Å². The summed E-state index contributed by atoms with van der Waals surface area (Å²) < 4.78 is 45.3. The SMILES string of the molecule is CCc1cc(C(F)(F)F)c2nc(Cl)c(-c3nc(C)no3)c(C)c2c1. The summed E-state index contributed by atoms with van der Waals surface area (Å²) in [6.45, 7) is 5.11. The lowest BCUT2D eigenvalue weighted by Gasteiger charge is -2.15. The molecule has 0 aliphatic carbocycles. The third-order valence-electron chi connectivity index (χ3n) is 3.82. The molecule has 1 aromatic carbocycles. The van der Waals surface area contributed by atoms with Crippen LogP contribution < -0.4 is 0 Å². The van der Waals surface area contributed by atoms with Crippen LogP contribution in [0.1, 0.15) is 29.4 Å². The monoisotopic (exact) mass is 355 g/mol. The van der Waals surface area contributed by atoms with E-state index in [0.29, 0.717) is 34.3 Å². The van der Waals surface area contributed by atoms with Crippen LogP contribution >= 0.6 is 11.6 Å². The number of halogens is 4. The van der Waals surface area contributed by atoms with E-state index in [1.807, 2.05) is 0 Å². The number of pyridine rings is 1. The van der Waals surface area contributed by atoms with E-state index in [0.717, 1.165) is 6.07 Å². The third kappa shape index (κ3) is 2.73. The van der Waals surface area contributed by atoms with Gasteiger partial charge in [0.15, 0.2) is 5.82 Å². The Labute approximate surface area is 140 Å². The molecule has 3 aromatic rings. The van der Waals surface area contributed by atoms with Crippen molar-refractivity contribution >= 4 is 22.5 Å². The molecule has 0 fully saturated rings. The maximum absolute atomic E-state index is 13.4. The third-order valence-corrected chi connectivity index (χ3v) is 4.09. The van der Waals surface area contributed by atoms with Gasteiger partial charge in [-0.3, -0.25) is 0 Å². The average Bonchev–Trinajstić information content (AvgIpc) is 2.91. The van der Waals surface area contributed by atoms with Gasteiger partial charge in [-0.15, -0.1) is 0 Å². The predicted octanol–water partition coefficient (Wildman–Crippen LogP) is 5.14. The fourth-order valence-electron chi connectivity index (χ4n) is 2.61. The molecule has 8 heteroatoms. The summed E-state index contributed by atoms with van der Waals surface area (Å²) in [4.78, 5) is 8.08. The van der Waals surface area contributed by atoms with E-state index in [2.05, 4.69) is 15.1 Å². The van der Waals surface area contributed by atoms with Gasteiger partial charge in [-0.25, -0.2) is 4.98 Å². The van der Waals surface area contributed by atoms with Crippen molar-refractivity contribution in [2.24, 2.45) is 0 Å². The van der Waals surface area contributed by atoms with Gasteiger partial charge >= 0.3 is 6.18 Å². The zero-order chi connectivity index (χ0) is 17.6. The molecule has 3 rings (SSSR count). The van der Waals surface area contributed by atoms with Gasteiger partial charge in [-0.2, -0.15) is 18.2 Å². The summed E-state index contributed by atoms with van der Waals surface area (Å²) in [5, 5.41) is 3.97. The standard InChI is InChI=1S/C16H13ClF3N3O/c1-4-9-5-10-7(2)12(15-21-8(3)23-24-15)14(17)22-13(10)11(6-9)16(18,19)20/h5-6H,4H2,1-3H3. The highest BCUT2D eigenvalue weighted by Gasteiger charge is 2.34. The lowest BCUT2D eigenvalue weighted by molar-refractivity contribution is -0.136. The minimum atomic E-state index is -4.52. The number of benzene rings is 1. The normalized spacial score (nSPS) is 12.1. The highest BCUT2D eigenvalue weighted by molar-refractivity contribution is 6.32. The molecule has 0 bridgehead atoms. The zero-order valence-corrected chi connectivity index (χ0v) is 13.9. The molecule has 24 heavy (non-hydrogen) atoms. The van der Waals surface area contributed by atoms with Crippen LogP contribution in [0.25, 0.3) is 22.4 Å². The van der Waals surface area contributed by atoms with Crippen LogP contribution in [0.2, 0.25) is 5.15 Å². The first-order valence-electron chi connectivity index (χ1n) is 7.23. The number of hydrogen-bond donors (Lipinski definition) is 0. The van der Waals surface area contributed by atoms with E-state index in [-0.39, 0.29) is 16.6 Å². The summed E-state index contributed by atoms with van der Waals surface area (Å²) in [5.74, 6) is 0.540. The lowest BCUT2D eigenvalue weighted by atomic mass is 9.98. The molecule has 0 saturated carbocycles. The van der Waals surface area contributed by atoms with Crippen molar-refractivity contribution in [1.29, 1.82) is 0 Å². The molecule has 126 valence electrons. The van der Waals surface area contributed by atoms with Crippen molar-refractivity contribution in [3.63, 3.8) is 0 Å². The van der Waals surface area contributed by atoms with E-state index in [1.54, 1.807) is 26.8 Å². The fourth-order valence-corrected chi connectivity index (χ4v) is 2.92. The van der Waals surface area contributed by atoms with Gasteiger partial charge in [0, 0.05) is 5.39 Å². The van der Waals surface area contributed by atoms with Gasteiger partial charge in [-0.05, 0) is 43.5 Å². The van der Waals surface area contributed by atoms with Crippen molar-refractivity contribution in [1.82, 2.24) is 15.1 Å². The molecule has 2 heterocycles. The Morgan fingerprint density at radius 3 is 2.42 bits per heavy atom. The van der Waals surface area contributed by atoms with Gasteiger partial charge in [-0.1, -0.05) is 23.7 Å². The van der Waals surface area contributed by atoms with E-state index < -0.39 is 11.7 Å². The molecule has 0 unspecified atom stereocenters. The van der Waals surface area contributed by atoms with Crippen molar-refractivity contribution in [3.8, 4) is 11.5 Å². The Hall–Kier alpha value is -2.15. The molecule has 2 aromatic heterocycles.